The summed E-state index contributed by atoms with van der Waals surface area (Å²) in [5.74, 6) is 0. The third kappa shape index (κ3) is 2.68. The summed E-state index contributed by atoms with van der Waals surface area (Å²) < 4.78 is 5.16. The number of aliphatic hydroxyl groups excluding tert-OH is 1. The topological polar surface area (TPSA) is 49.7 Å². The van der Waals surface area contributed by atoms with Crippen molar-refractivity contribution in [2.24, 2.45) is 0 Å². The van der Waals surface area contributed by atoms with E-state index in [2.05, 4.69) is 0 Å². The van der Waals surface area contributed by atoms with Gasteiger partial charge in [0.05, 0.1) is 12.7 Å². The van der Waals surface area contributed by atoms with Crippen LogP contribution in [0.2, 0.25) is 0 Å². The van der Waals surface area contributed by atoms with Crippen molar-refractivity contribution in [2.75, 3.05) is 0 Å². The molecule has 0 bridgehead atoms. The Morgan fingerprint density at radius 2 is 1.95 bits per heavy atom. The molecule has 100 valence electrons. The van der Waals surface area contributed by atoms with E-state index in [1.54, 1.807) is 6.08 Å². The minimum absolute atomic E-state index is 0.452. The van der Waals surface area contributed by atoms with Gasteiger partial charge in [-0.3, -0.25) is 0 Å². The van der Waals surface area contributed by atoms with E-state index in [1.165, 1.54) is 0 Å². The van der Waals surface area contributed by atoms with Crippen molar-refractivity contribution < 1.29 is 14.8 Å². The average molecular weight is 266 g/mol. The van der Waals surface area contributed by atoms with Crippen molar-refractivity contribution >= 4 is 18.7 Å². The molecular formula is C16H15BO3. The van der Waals surface area contributed by atoms with Crippen molar-refractivity contribution in [3.05, 3.63) is 71.3 Å². The van der Waals surface area contributed by atoms with Crippen LogP contribution in [0.4, 0.5) is 0 Å². The van der Waals surface area contributed by atoms with Crippen LogP contribution in [-0.2, 0) is 11.3 Å². The number of hydrogen-bond acceptors (Lipinski definition) is 3. The number of benzene rings is 2. The quantitative estimate of drug-likeness (QED) is 0.830. The van der Waals surface area contributed by atoms with Crippen LogP contribution in [0.25, 0.3) is 6.08 Å². The molecule has 1 unspecified atom stereocenters. The summed E-state index contributed by atoms with van der Waals surface area (Å²) >= 11 is 0. The summed E-state index contributed by atoms with van der Waals surface area (Å²) in [4.78, 5) is 0. The molecule has 20 heavy (non-hydrogen) atoms. The standard InChI is InChI=1S/C16H15BO3/c18-16(13-4-2-1-3-5-13)9-7-12-6-8-14-11-20-17(19)15(14)10-12/h1-10,16,18-19H,11H2/b9-7+. The van der Waals surface area contributed by atoms with Crippen LogP contribution in [0.15, 0.2) is 54.6 Å². The largest absolute Gasteiger partial charge is 0.491 e. The Hall–Kier alpha value is -1.88. The van der Waals surface area contributed by atoms with Gasteiger partial charge in [0.25, 0.3) is 0 Å². The minimum atomic E-state index is -0.836. The second-order valence-corrected chi connectivity index (χ2v) is 4.84. The zero-order valence-electron chi connectivity index (χ0n) is 10.9. The van der Waals surface area contributed by atoms with E-state index in [1.807, 2.05) is 54.6 Å². The highest BCUT2D eigenvalue weighted by Crippen LogP contribution is 2.16. The average Bonchev–Trinajstić information content (AvgIpc) is 2.87. The molecule has 3 rings (SSSR count). The third-order valence-electron chi connectivity index (χ3n) is 3.44. The molecule has 1 atom stereocenters. The Bertz CT molecular complexity index is 625. The molecule has 2 aromatic carbocycles. The minimum Gasteiger partial charge on any atom is -0.423 e. The Balaban J connectivity index is 1.78. The first-order chi connectivity index (χ1) is 9.74. The lowest BCUT2D eigenvalue weighted by molar-refractivity contribution is 0.229. The molecular weight excluding hydrogens is 251 g/mol. The molecule has 1 heterocycles. The molecule has 0 saturated heterocycles. The van der Waals surface area contributed by atoms with Gasteiger partial charge in [0.15, 0.2) is 0 Å². The second-order valence-electron chi connectivity index (χ2n) is 4.84. The number of rotatable bonds is 3. The van der Waals surface area contributed by atoms with Crippen molar-refractivity contribution in [2.45, 2.75) is 12.7 Å². The fourth-order valence-corrected chi connectivity index (χ4v) is 2.30. The molecule has 0 radical (unpaired) electrons. The zero-order valence-corrected chi connectivity index (χ0v) is 10.9. The summed E-state index contributed by atoms with van der Waals surface area (Å²) in [5.41, 5.74) is 3.61. The van der Waals surface area contributed by atoms with Gasteiger partial charge in [0, 0.05) is 0 Å². The molecule has 3 nitrogen and oxygen atoms in total. The Morgan fingerprint density at radius 3 is 2.75 bits per heavy atom. The van der Waals surface area contributed by atoms with Crippen LogP contribution >= 0.6 is 0 Å². The van der Waals surface area contributed by atoms with Crippen molar-refractivity contribution in [3.63, 3.8) is 0 Å². The van der Waals surface area contributed by atoms with Gasteiger partial charge < -0.3 is 14.8 Å². The van der Waals surface area contributed by atoms with Crippen molar-refractivity contribution in [1.82, 2.24) is 0 Å². The lowest BCUT2D eigenvalue weighted by Gasteiger charge is -2.05. The van der Waals surface area contributed by atoms with E-state index >= 15 is 0 Å². The van der Waals surface area contributed by atoms with Gasteiger partial charge in [-0.15, -0.1) is 0 Å². The Labute approximate surface area is 118 Å². The monoisotopic (exact) mass is 266 g/mol. The van der Waals surface area contributed by atoms with Gasteiger partial charge in [-0.1, -0.05) is 60.7 Å². The maximum Gasteiger partial charge on any atom is 0.491 e. The van der Waals surface area contributed by atoms with E-state index in [0.29, 0.717) is 6.61 Å². The predicted molar refractivity (Wildman–Crippen MR) is 79.3 cm³/mol. The zero-order chi connectivity index (χ0) is 13.9. The van der Waals surface area contributed by atoms with E-state index in [9.17, 15) is 10.1 Å². The highest BCUT2D eigenvalue weighted by Gasteiger charge is 2.26. The SMILES string of the molecule is OB1OCc2ccc(/C=C/C(O)c3ccccc3)cc21. The maximum absolute atomic E-state index is 10.1. The number of fused-ring (bicyclic) bond motifs is 1. The molecule has 1 aliphatic rings. The summed E-state index contributed by atoms with van der Waals surface area (Å²) in [6.07, 6.45) is 2.95. The fourth-order valence-electron chi connectivity index (χ4n) is 2.30. The fraction of sp³-hybridized carbons (Fsp3) is 0.125. The van der Waals surface area contributed by atoms with Crippen molar-refractivity contribution in [1.29, 1.82) is 0 Å². The van der Waals surface area contributed by atoms with Crippen LogP contribution in [0.1, 0.15) is 22.8 Å². The van der Waals surface area contributed by atoms with E-state index in [0.717, 1.165) is 22.2 Å². The molecule has 0 saturated carbocycles. The molecule has 0 aromatic heterocycles. The second kappa shape index (κ2) is 5.63. The molecule has 0 spiro atoms. The van der Waals surface area contributed by atoms with E-state index in [-0.39, 0.29) is 0 Å². The van der Waals surface area contributed by atoms with Crippen LogP contribution < -0.4 is 5.46 Å². The van der Waals surface area contributed by atoms with Gasteiger partial charge in [0.2, 0.25) is 0 Å². The summed E-state index contributed by atoms with van der Waals surface area (Å²) in [6, 6.07) is 15.3. The van der Waals surface area contributed by atoms with Gasteiger partial charge in [-0.2, -0.15) is 0 Å². The molecule has 0 amide bonds. The molecule has 0 aliphatic carbocycles. The molecule has 2 aromatic rings. The Kier molecular flexibility index (Phi) is 3.69. The Morgan fingerprint density at radius 1 is 1.15 bits per heavy atom. The van der Waals surface area contributed by atoms with Gasteiger partial charge in [-0.05, 0) is 22.2 Å². The van der Waals surface area contributed by atoms with E-state index < -0.39 is 13.2 Å². The van der Waals surface area contributed by atoms with Gasteiger partial charge in [0.1, 0.15) is 0 Å². The van der Waals surface area contributed by atoms with Gasteiger partial charge >= 0.3 is 7.12 Å². The smallest absolute Gasteiger partial charge is 0.423 e. The highest BCUT2D eigenvalue weighted by molar-refractivity contribution is 6.61. The van der Waals surface area contributed by atoms with Crippen LogP contribution in [-0.4, -0.2) is 17.2 Å². The lowest BCUT2D eigenvalue weighted by atomic mass is 9.79. The number of hydrogen-bond donors (Lipinski definition) is 2. The normalized spacial score (nSPS) is 15.6. The van der Waals surface area contributed by atoms with Gasteiger partial charge in [-0.25, -0.2) is 0 Å². The first-order valence-electron chi connectivity index (χ1n) is 6.58. The van der Waals surface area contributed by atoms with E-state index in [4.69, 9.17) is 4.65 Å². The van der Waals surface area contributed by atoms with Crippen LogP contribution in [0, 0.1) is 0 Å². The molecule has 4 heteroatoms. The predicted octanol–water partition coefficient (Wildman–Crippen LogP) is 1.65. The first-order valence-corrected chi connectivity index (χ1v) is 6.58. The molecule has 2 N–H and O–H groups in total. The summed E-state index contributed by atoms with van der Waals surface area (Å²) in [5, 5.41) is 19.7. The number of aliphatic hydroxyl groups is 1. The van der Waals surface area contributed by atoms with Crippen molar-refractivity contribution in [3.8, 4) is 0 Å². The summed E-state index contributed by atoms with van der Waals surface area (Å²) in [6.45, 7) is 0.452. The third-order valence-corrected chi connectivity index (χ3v) is 3.44. The lowest BCUT2D eigenvalue weighted by Crippen LogP contribution is -2.28. The highest BCUT2D eigenvalue weighted by atomic mass is 16.5. The maximum atomic E-state index is 10.1. The first kappa shape index (κ1) is 13.1. The summed E-state index contributed by atoms with van der Waals surface area (Å²) in [7, 11) is -0.836. The van der Waals surface area contributed by atoms with Crippen LogP contribution in [0.3, 0.4) is 0 Å². The van der Waals surface area contributed by atoms with Crippen LogP contribution in [0.5, 0.6) is 0 Å². The molecule has 0 fully saturated rings. The molecule has 1 aliphatic heterocycles.